The monoisotopic (exact) mass is 310 g/mol. The van der Waals surface area contributed by atoms with Crippen LogP contribution < -0.4 is 5.32 Å². The number of halogens is 3. The predicted molar refractivity (Wildman–Crippen MR) is 71.5 cm³/mol. The van der Waals surface area contributed by atoms with Gasteiger partial charge in [-0.05, 0) is 13.3 Å². The van der Waals surface area contributed by atoms with Crippen LogP contribution in [0.25, 0.3) is 0 Å². The molecule has 0 aromatic carbocycles. The van der Waals surface area contributed by atoms with Crippen LogP contribution in [0.3, 0.4) is 0 Å². The minimum Gasteiger partial charge on any atom is -0.390 e. The Morgan fingerprint density at radius 2 is 2.20 bits per heavy atom. The Balaban J connectivity index is 2.24. The fourth-order valence-corrected chi connectivity index (χ4v) is 3.48. The molecule has 2 N–H and O–H groups in total. The smallest absolute Gasteiger partial charge is 0.390 e. The van der Waals surface area contributed by atoms with Gasteiger partial charge in [-0.1, -0.05) is 17.8 Å². The number of nitrogens with one attached hydrogen (secondary N) is 1. The van der Waals surface area contributed by atoms with E-state index in [2.05, 4.69) is 16.9 Å². The molecule has 2 aliphatic rings. The second-order valence-corrected chi connectivity index (χ2v) is 6.20. The van der Waals surface area contributed by atoms with E-state index in [9.17, 15) is 18.3 Å². The number of thioether (sulfide) groups is 1. The number of amidine groups is 1. The Morgan fingerprint density at radius 3 is 2.70 bits per heavy atom. The topological polar surface area (TPSA) is 53.8 Å². The molecule has 2 saturated heterocycles. The highest BCUT2D eigenvalue weighted by Gasteiger charge is 2.59. The van der Waals surface area contributed by atoms with E-state index < -0.39 is 29.2 Å². The summed E-state index contributed by atoms with van der Waals surface area (Å²) in [5.74, 6) is 0. The van der Waals surface area contributed by atoms with Crippen LogP contribution in [0.2, 0.25) is 0 Å². The van der Waals surface area contributed by atoms with Crippen LogP contribution in [0.15, 0.2) is 17.6 Å². The Kier molecular flexibility index (Phi) is 4.10. The second-order valence-electron chi connectivity index (χ2n) is 5.11. The van der Waals surface area contributed by atoms with Crippen molar-refractivity contribution in [1.82, 2.24) is 5.32 Å². The number of aliphatic hydroxyl groups is 1. The summed E-state index contributed by atoms with van der Waals surface area (Å²) in [6.45, 7) is 4.26. The van der Waals surface area contributed by atoms with Gasteiger partial charge in [0.2, 0.25) is 0 Å². The van der Waals surface area contributed by atoms with Crippen molar-refractivity contribution >= 4 is 16.9 Å². The molecule has 8 heteroatoms. The average molecular weight is 310 g/mol. The van der Waals surface area contributed by atoms with Crippen molar-refractivity contribution in [2.24, 2.45) is 10.4 Å². The molecule has 0 radical (unpaired) electrons. The number of ether oxygens (including phenoxy) is 1. The summed E-state index contributed by atoms with van der Waals surface area (Å²) in [7, 11) is 1.59. The van der Waals surface area contributed by atoms with Gasteiger partial charge in [0.1, 0.15) is 17.0 Å². The van der Waals surface area contributed by atoms with Gasteiger partial charge in [-0.25, -0.2) is 0 Å². The number of alkyl halides is 3. The maximum absolute atomic E-state index is 13.2. The fraction of sp³-hybridized carbons (Fsp3) is 0.750. The van der Waals surface area contributed by atoms with E-state index >= 15 is 0 Å². The number of hydrogen-bond donors (Lipinski definition) is 2. The lowest BCUT2D eigenvalue weighted by atomic mass is 9.78. The van der Waals surface area contributed by atoms with Crippen molar-refractivity contribution in [2.45, 2.75) is 43.2 Å². The lowest BCUT2D eigenvalue weighted by molar-refractivity contribution is -0.262. The molecule has 5 unspecified atom stereocenters. The van der Waals surface area contributed by atoms with Gasteiger partial charge in [0.25, 0.3) is 0 Å². The molecule has 2 rings (SSSR count). The highest BCUT2D eigenvalue weighted by atomic mass is 32.2. The zero-order chi connectivity index (χ0) is 15.1. The van der Waals surface area contributed by atoms with Crippen LogP contribution in [0.4, 0.5) is 13.2 Å². The number of aliphatic imine (C=N–C) groups is 1. The molecular formula is C12H17F3N2O2S. The molecule has 2 aliphatic heterocycles. The maximum atomic E-state index is 13.2. The van der Waals surface area contributed by atoms with Crippen LogP contribution in [-0.4, -0.2) is 47.2 Å². The first-order valence-electron chi connectivity index (χ1n) is 6.16. The zero-order valence-corrected chi connectivity index (χ0v) is 12.0. The molecule has 0 aliphatic carbocycles. The molecule has 2 fully saturated rings. The Hall–Kier alpha value is -0.730. The molecule has 0 aromatic heterocycles. The number of fused-ring (bicyclic) bond motifs is 1. The lowest BCUT2D eigenvalue weighted by Gasteiger charge is -2.44. The normalized spacial score (nSPS) is 39.0. The SMILES string of the molecule is C=CC(C)(C1OC2SC(=NC)NC2CC1O)C(F)(F)F. The number of rotatable bonds is 2. The molecule has 4 nitrogen and oxygen atoms in total. The van der Waals surface area contributed by atoms with Gasteiger partial charge >= 0.3 is 6.18 Å². The molecule has 0 bridgehead atoms. The first-order valence-corrected chi connectivity index (χ1v) is 7.04. The predicted octanol–water partition coefficient (Wildman–Crippen LogP) is 1.91. The lowest BCUT2D eigenvalue weighted by Crippen LogP contribution is -2.57. The van der Waals surface area contributed by atoms with E-state index in [1.165, 1.54) is 11.8 Å². The van der Waals surface area contributed by atoms with Crippen molar-refractivity contribution in [1.29, 1.82) is 0 Å². The third-order valence-corrected chi connectivity index (χ3v) is 5.02. The van der Waals surface area contributed by atoms with Gasteiger partial charge in [-0.3, -0.25) is 4.99 Å². The quantitative estimate of drug-likeness (QED) is 0.765. The van der Waals surface area contributed by atoms with Crippen LogP contribution in [0.5, 0.6) is 0 Å². The Morgan fingerprint density at radius 1 is 1.55 bits per heavy atom. The van der Waals surface area contributed by atoms with Crippen LogP contribution in [-0.2, 0) is 4.74 Å². The van der Waals surface area contributed by atoms with Gasteiger partial charge in [-0.15, -0.1) is 6.58 Å². The van der Waals surface area contributed by atoms with Crippen molar-refractivity contribution in [3.05, 3.63) is 12.7 Å². The largest absolute Gasteiger partial charge is 0.400 e. The molecule has 5 atom stereocenters. The average Bonchev–Trinajstić information content (AvgIpc) is 2.77. The molecule has 114 valence electrons. The molecule has 0 aromatic rings. The van der Waals surface area contributed by atoms with Crippen molar-refractivity contribution in [3.63, 3.8) is 0 Å². The van der Waals surface area contributed by atoms with Gasteiger partial charge < -0.3 is 15.2 Å². The third-order valence-electron chi connectivity index (χ3n) is 3.82. The molecular weight excluding hydrogens is 293 g/mol. The van der Waals surface area contributed by atoms with E-state index in [0.717, 1.165) is 13.0 Å². The van der Waals surface area contributed by atoms with Gasteiger partial charge in [0, 0.05) is 7.05 Å². The van der Waals surface area contributed by atoms with Gasteiger partial charge in [0.15, 0.2) is 5.17 Å². The van der Waals surface area contributed by atoms with E-state index in [1.54, 1.807) is 7.05 Å². The first-order chi connectivity index (χ1) is 9.22. The summed E-state index contributed by atoms with van der Waals surface area (Å²) in [5, 5.41) is 13.7. The standard InChI is InChI=1S/C12H17F3N2O2S/c1-4-11(2,12(13,14)15)8-7(18)5-6-9(19-8)20-10(16-3)17-6/h4,6-9,18H,1,5H2,2-3H3,(H,16,17). The third kappa shape index (κ3) is 2.44. The van der Waals surface area contributed by atoms with E-state index in [4.69, 9.17) is 4.74 Å². The molecule has 0 saturated carbocycles. The zero-order valence-electron chi connectivity index (χ0n) is 11.1. The summed E-state index contributed by atoms with van der Waals surface area (Å²) < 4.78 is 45.2. The molecule has 2 heterocycles. The number of nitrogens with zero attached hydrogens (tertiary/aromatic N) is 1. The summed E-state index contributed by atoms with van der Waals surface area (Å²) in [6.07, 6.45) is -6.13. The van der Waals surface area contributed by atoms with Crippen LogP contribution in [0, 0.1) is 5.41 Å². The Labute approximate surface area is 119 Å². The van der Waals surface area contributed by atoms with Crippen LogP contribution >= 0.6 is 11.8 Å². The summed E-state index contributed by atoms with van der Waals surface area (Å²) >= 11 is 1.24. The van der Waals surface area contributed by atoms with E-state index in [1.807, 2.05) is 0 Å². The van der Waals surface area contributed by atoms with Crippen molar-refractivity contribution < 1.29 is 23.0 Å². The van der Waals surface area contributed by atoms with Gasteiger partial charge in [-0.2, -0.15) is 13.2 Å². The van der Waals surface area contributed by atoms with Crippen LogP contribution in [0.1, 0.15) is 13.3 Å². The highest BCUT2D eigenvalue weighted by Crippen LogP contribution is 2.48. The summed E-state index contributed by atoms with van der Waals surface area (Å²) in [6, 6.07) is -0.229. The molecule has 0 spiro atoms. The maximum Gasteiger partial charge on any atom is 0.400 e. The fourth-order valence-electron chi connectivity index (χ4n) is 2.42. The Bertz CT molecular complexity index is 429. The minimum absolute atomic E-state index is 0.181. The second kappa shape index (κ2) is 5.23. The highest BCUT2D eigenvalue weighted by molar-refractivity contribution is 8.14. The van der Waals surface area contributed by atoms with Gasteiger partial charge in [0.05, 0.1) is 12.1 Å². The number of hydrogen-bond acceptors (Lipinski definition) is 4. The molecule has 20 heavy (non-hydrogen) atoms. The van der Waals surface area contributed by atoms with Crippen molar-refractivity contribution in [3.8, 4) is 0 Å². The number of aliphatic hydroxyl groups excluding tert-OH is 1. The van der Waals surface area contributed by atoms with E-state index in [-0.39, 0.29) is 12.5 Å². The first kappa shape index (κ1) is 15.7. The minimum atomic E-state index is -4.54. The summed E-state index contributed by atoms with van der Waals surface area (Å²) in [4.78, 5) is 3.96. The van der Waals surface area contributed by atoms with E-state index in [0.29, 0.717) is 5.17 Å². The molecule has 0 amide bonds. The van der Waals surface area contributed by atoms with Crippen molar-refractivity contribution in [2.75, 3.05) is 7.05 Å². The summed E-state index contributed by atoms with van der Waals surface area (Å²) in [5.41, 5.74) is -2.77.